The molecule has 1 aliphatic rings. The molecule has 1 saturated heterocycles. The predicted octanol–water partition coefficient (Wildman–Crippen LogP) is 0.198. The number of aliphatic carboxylic acids is 2. The monoisotopic (exact) mass is 256 g/mol. The van der Waals surface area contributed by atoms with Crippen LogP contribution in [0.2, 0.25) is 0 Å². The SMILES string of the molecule is N#CCC[C@]1(C(=O)O)C[C@@H](C(=O)O)N(C(=O)O)C1. The molecule has 18 heavy (non-hydrogen) atoms. The van der Waals surface area contributed by atoms with Gasteiger partial charge in [-0.25, -0.2) is 9.59 Å². The Morgan fingerprint density at radius 2 is 1.94 bits per heavy atom. The fourth-order valence-electron chi connectivity index (χ4n) is 2.14. The minimum absolute atomic E-state index is 0.0631. The van der Waals surface area contributed by atoms with E-state index >= 15 is 0 Å². The van der Waals surface area contributed by atoms with Crippen molar-refractivity contribution >= 4 is 18.0 Å². The lowest BCUT2D eigenvalue weighted by atomic mass is 9.81. The minimum Gasteiger partial charge on any atom is -0.481 e. The van der Waals surface area contributed by atoms with Gasteiger partial charge in [0.25, 0.3) is 0 Å². The molecule has 0 aromatic rings. The van der Waals surface area contributed by atoms with Crippen LogP contribution in [0.3, 0.4) is 0 Å². The highest BCUT2D eigenvalue weighted by molar-refractivity contribution is 5.84. The summed E-state index contributed by atoms with van der Waals surface area (Å²) in [5, 5.41) is 35.4. The highest BCUT2D eigenvalue weighted by atomic mass is 16.4. The number of carboxylic acid groups (broad SMARTS) is 3. The Kier molecular flexibility index (Phi) is 3.76. The first-order valence-electron chi connectivity index (χ1n) is 5.17. The van der Waals surface area contributed by atoms with Crippen LogP contribution in [0.5, 0.6) is 0 Å². The maximum atomic E-state index is 11.2. The zero-order chi connectivity index (χ0) is 13.9. The first kappa shape index (κ1) is 13.8. The summed E-state index contributed by atoms with van der Waals surface area (Å²) in [6.07, 6.45) is -1.91. The van der Waals surface area contributed by atoms with Crippen molar-refractivity contribution in [3.05, 3.63) is 0 Å². The van der Waals surface area contributed by atoms with Gasteiger partial charge in [0.15, 0.2) is 0 Å². The molecule has 0 aliphatic carbocycles. The summed E-state index contributed by atoms with van der Waals surface area (Å²) in [6, 6.07) is 0.408. The van der Waals surface area contributed by atoms with E-state index in [4.69, 9.17) is 20.6 Å². The first-order valence-corrected chi connectivity index (χ1v) is 5.17. The van der Waals surface area contributed by atoms with Crippen LogP contribution in [0.25, 0.3) is 0 Å². The van der Waals surface area contributed by atoms with Crippen LogP contribution in [0.1, 0.15) is 19.3 Å². The number of likely N-dealkylation sites (tertiary alicyclic amines) is 1. The molecule has 0 spiro atoms. The lowest BCUT2D eigenvalue weighted by molar-refractivity contribution is -0.148. The van der Waals surface area contributed by atoms with Gasteiger partial charge < -0.3 is 15.3 Å². The maximum Gasteiger partial charge on any atom is 0.408 e. The van der Waals surface area contributed by atoms with E-state index in [-0.39, 0.29) is 19.3 Å². The third kappa shape index (κ3) is 2.34. The van der Waals surface area contributed by atoms with Crippen LogP contribution >= 0.6 is 0 Å². The Morgan fingerprint density at radius 1 is 1.33 bits per heavy atom. The summed E-state index contributed by atoms with van der Waals surface area (Å²) >= 11 is 0. The van der Waals surface area contributed by atoms with Crippen LogP contribution in [0, 0.1) is 16.7 Å². The molecule has 2 atom stereocenters. The maximum absolute atomic E-state index is 11.2. The number of hydrogen-bond acceptors (Lipinski definition) is 4. The van der Waals surface area contributed by atoms with Gasteiger partial charge in [-0.2, -0.15) is 5.26 Å². The van der Waals surface area contributed by atoms with Crippen molar-refractivity contribution in [2.75, 3.05) is 6.54 Å². The van der Waals surface area contributed by atoms with Gasteiger partial charge in [-0.05, 0) is 12.8 Å². The average Bonchev–Trinajstić information content (AvgIpc) is 2.68. The summed E-state index contributed by atoms with van der Waals surface area (Å²) in [5.41, 5.74) is -1.49. The number of rotatable bonds is 4. The molecule has 0 saturated carbocycles. The second kappa shape index (κ2) is 4.91. The van der Waals surface area contributed by atoms with Crippen LogP contribution < -0.4 is 0 Å². The van der Waals surface area contributed by atoms with Crippen molar-refractivity contribution in [3.8, 4) is 6.07 Å². The van der Waals surface area contributed by atoms with Crippen molar-refractivity contribution in [3.63, 3.8) is 0 Å². The second-order valence-corrected chi connectivity index (χ2v) is 4.21. The Balaban J connectivity index is 3.03. The zero-order valence-corrected chi connectivity index (χ0v) is 9.37. The molecule has 1 rings (SSSR count). The van der Waals surface area contributed by atoms with Gasteiger partial charge in [0.05, 0.1) is 11.5 Å². The van der Waals surface area contributed by atoms with Crippen LogP contribution in [0.4, 0.5) is 4.79 Å². The van der Waals surface area contributed by atoms with E-state index in [1.54, 1.807) is 6.07 Å². The molecule has 3 N–H and O–H groups in total. The topological polar surface area (TPSA) is 139 Å². The highest BCUT2D eigenvalue weighted by Gasteiger charge is 2.53. The van der Waals surface area contributed by atoms with Gasteiger partial charge >= 0.3 is 18.0 Å². The molecule has 1 heterocycles. The van der Waals surface area contributed by atoms with Gasteiger partial charge in [0, 0.05) is 13.0 Å². The van der Waals surface area contributed by atoms with Crippen LogP contribution in [0.15, 0.2) is 0 Å². The number of carbonyl (C=O) groups is 3. The number of nitriles is 1. The summed E-state index contributed by atoms with van der Waals surface area (Å²) in [7, 11) is 0. The molecule has 0 radical (unpaired) electrons. The third-order valence-electron chi connectivity index (χ3n) is 3.13. The summed E-state index contributed by atoms with van der Waals surface area (Å²) in [4.78, 5) is 33.7. The van der Waals surface area contributed by atoms with Crippen molar-refractivity contribution < 1.29 is 29.7 Å². The molecule has 0 bridgehead atoms. The van der Waals surface area contributed by atoms with Gasteiger partial charge in [-0.3, -0.25) is 9.69 Å². The summed E-state index contributed by atoms with van der Waals surface area (Å²) in [6.45, 7) is -0.406. The second-order valence-electron chi connectivity index (χ2n) is 4.21. The Hall–Kier alpha value is -2.30. The fraction of sp³-hybridized carbons (Fsp3) is 0.600. The van der Waals surface area contributed by atoms with Crippen molar-refractivity contribution in [2.24, 2.45) is 5.41 Å². The highest BCUT2D eigenvalue weighted by Crippen LogP contribution is 2.39. The van der Waals surface area contributed by atoms with Crippen molar-refractivity contribution in [2.45, 2.75) is 25.3 Å². The van der Waals surface area contributed by atoms with Gasteiger partial charge in [-0.1, -0.05) is 0 Å². The fourth-order valence-corrected chi connectivity index (χ4v) is 2.14. The molecule has 8 nitrogen and oxygen atoms in total. The predicted molar refractivity (Wildman–Crippen MR) is 55.7 cm³/mol. The smallest absolute Gasteiger partial charge is 0.408 e. The van der Waals surface area contributed by atoms with E-state index in [1.165, 1.54) is 0 Å². The average molecular weight is 256 g/mol. The Labute approximate surface area is 102 Å². The standard InChI is InChI=1S/C10H12N2O6/c11-3-1-2-10(8(15)16)4-6(7(13)14)12(5-10)9(17)18/h6H,1-2,4-5H2,(H,13,14)(H,15,16)(H,17,18)/t6-,10-/m0/s1. The van der Waals surface area contributed by atoms with E-state index < -0.39 is 36.0 Å². The molecular weight excluding hydrogens is 244 g/mol. The van der Waals surface area contributed by atoms with Gasteiger partial charge in [-0.15, -0.1) is 0 Å². The first-order chi connectivity index (χ1) is 8.34. The van der Waals surface area contributed by atoms with Gasteiger partial charge in [0.1, 0.15) is 6.04 Å². The molecule has 98 valence electrons. The van der Waals surface area contributed by atoms with E-state index in [0.717, 1.165) is 0 Å². The molecule has 1 fully saturated rings. The summed E-state index contributed by atoms with van der Waals surface area (Å²) in [5.74, 6) is -2.65. The van der Waals surface area contributed by atoms with Gasteiger partial charge in [0.2, 0.25) is 0 Å². The molecule has 1 amide bonds. The molecular formula is C10H12N2O6. The van der Waals surface area contributed by atoms with Crippen LogP contribution in [-0.4, -0.2) is 50.8 Å². The zero-order valence-electron chi connectivity index (χ0n) is 9.37. The molecule has 0 aromatic carbocycles. The number of hydrogen-bond donors (Lipinski definition) is 3. The van der Waals surface area contributed by atoms with Crippen LogP contribution in [-0.2, 0) is 9.59 Å². The normalized spacial score (nSPS) is 26.6. The summed E-state index contributed by atoms with van der Waals surface area (Å²) < 4.78 is 0. The minimum atomic E-state index is -1.49. The Bertz CT molecular complexity index is 405. The largest absolute Gasteiger partial charge is 0.481 e. The van der Waals surface area contributed by atoms with E-state index in [9.17, 15) is 14.4 Å². The third-order valence-corrected chi connectivity index (χ3v) is 3.13. The lowest BCUT2D eigenvalue weighted by Gasteiger charge is -2.22. The number of carboxylic acids is 2. The van der Waals surface area contributed by atoms with E-state index in [0.29, 0.717) is 4.90 Å². The lowest BCUT2D eigenvalue weighted by Crippen LogP contribution is -2.40. The molecule has 0 unspecified atom stereocenters. The van der Waals surface area contributed by atoms with E-state index in [2.05, 4.69) is 0 Å². The van der Waals surface area contributed by atoms with Crippen molar-refractivity contribution in [1.82, 2.24) is 4.90 Å². The number of amides is 1. The molecule has 1 aliphatic heterocycles. The molecule has 8 heteroatoms. The Morgan fingerprint density at radius 3 is 2.28 bits per heavy atom. The quantitative estimate of drug-likeness (QED) is 0.652. The van der Waals surface area contributed by atoms with Crippen molar-refractivity contribution in [1.29, 1.82) is 5.26 Å². The number of nitrogens with zero attached hydrogens (tertiary/aromatic N) is 2. The molecule has 0 aromatic heterocycles. The van der Waals surface area contributed by atoms with E-state index in [1.807, 2.05) is 0 Å².